The highest BCUT2D eigenvalue weighted by Crippen LogP contribution is 2.32. The minimum absolute atomic E-state index is 0.00278. The van der Waals surface area contributed by atoms with Crippen molar-refractivity contribution in [1.29, 1.82) is 0 Å². The molecule has 0 aliphatic carbocycles. The van der Waals surface area contributed by atoms with E-state index in [-0.39, 0.29) is 29.2 Å². The number of halogens is 2. The van der Waals surface area contributed by atoms with Crippen LogP contribution < -0.4 is 14.8 Å². The maximum atomic E-state index is 13.4. The fourth-order valence-corrected chi connectivity index (χ4v) is 5.41. The summed E-state index contributed by atoms with van der Waals surface area (Å²) in [6, 6.07) is 14.5. The van der Waals surface area contributed by atoms with Gasteiger partial charge in [0.05, 0.1) is 16.9 Å². The highest BCUT2D eigenvalue weighted by Gasteiger charge is 2.34. The van der Waals surface area contributed by atoms with Gasteiger partial charge in [0.2, 0.25) is 0 Å². The zero-order chi connectivity index (χ0) is 28.2. The summed E-state index contributed by atoms with van der Waals surface area (Å²) >= 11 is 0.807. The fourth-order valence-electron chi connectivity index (χ4n) is 3.48. The third kappa shape index (κ3) is 6.62. The van der Waals surface area contributed by atoms with Crippen molar-refractivity contribution in [1.82, 2.24) is 10.2 Å². The van der Waals surface area contributed by atoms with E-state index in [0.717, 1.165) is 28.3 Å². The molecule has 0 unspecified atom stereocenters. The first-order valence-electron chi connectivity index (χ1n) is 11.3. The summed E-state index contributed by atoms with van der Waals surface area (Å²) in [6.45, 7) is -0.0420. The number of carbonyl (C=O) groups is 3. The zero-order valence-corrected chi connectivity index (χ0v) is 21.9. The van der Waals surface area contributed by atoms with E-state index in [2.05, 4.69) is 10.0 Å². The first-order chi connectivity index (χ1) is 18.6. The van der Waals surface area contributed by atoms with E-state index in [1.807, 2.05) is 0 Å². The molecule has 1 heterocycles. The summed E-state index contributed by atoms with van der Waals surface area (Å²) in [7, 11) is -2.64. The number of methoxy groups -OCH3 is 1. The van der Waals surface area contributed by atoms with Gasteiger partial charge in [0.1, 0.15) is 5.75 Å². The number of sulfonamides is 1. The van der Waals surface area contributed by atoms with Gasteiger partial charge in [-0.05, 0) is 78.0 Å². The molecule has 1 aliphatic heterocycles. The van der Waals surface area contributed by atoms with Crippen LogP contribution in [0.1, 0.15) is 15.9 Å². The number of imide groups is 1. The maximum Gasteiger partial charge on any atom is 0.293 e. The molecule has 202 valence electrons. The quantitative estimate of drug-likeness (QED) is 0.367. The van der Waals surface area contributed by atoms with Crippen molar-refractivity contribution >= 4 is 50.6 Å². The van der Waals surface area contributed by atoms with E-state index < -0.39 is 43.6 Å². The van der Waals surface area contributed by atoms with Gasteiger partial charge >= 0.3 is 0 Å². The van der Waals surface area contributed by atoms with Crippen molar-refractivity contribution in [3.05, 3.63) is 94.4 Å². The molecule has 1 fully saturated rings. The Kier molecular flexibility index (Phi) is 8.31. The molecule has 4 rings (SSSR count). The first kappa shape index (κ1) is 27.8. The predicted molar refractivity (Wildman–Crippen MR) is 142 cm³/mol. The fraction of sp³-hybridized carbons (Fsp3) is 0.115. The van der Waals surface area contributed by atoms with Crippen LogP contribution in [0.5, 0.6) is 5.75 Å². The van der Waals surface area contributed by atoms with E-state index in [1.54, 1.807) is 37.5 Å². The molecule has 0 saturated carbocycles. The summed E-state index contributed by atoms with van der Waals surface area (Å²) in [5, 5.41) is 2.15. The first-order valence-corrected chi connectivity index (χ1v) is 13.6. The second kappa shape index (κ2) is 11.7. The predicted octanol–water partition coefficient (Wildman–Crippen LogP) is 4.24. The summed E-state index contributed by atoms with van der Waals surface area (Å²) in [6.07, 6.45) is 1.60. The summed E-state index contributed by atoms with van der Waals surface area (Å²) in [5.41, 5.74) is 1.02. The van der Waals surface area contributed by atoms with Crippen LogP contribution in [0.3, 0.4) is 0 Å². The standard InChI is InChI=1S/C26H21F2N3O6S2/c1-37-19-8-2-16(3-9-19)14-23-25(33)31(26(34)38-23)13-12-29-24(32)17-4-6-18(7-5-17)30-39(35,36)20-10-11-21(27)22(28)15-20/h2-11,14-15,30H,12-13H2,1H3,(H,29,32)/b23-14-. The number of benzene rings is 3. The van der Waals surface area contributed by atoms with Gasteiger partial charge in [0.15, 0.2) is 11.6 Å². The lowest BCUT2D eigenvalue weighted by Gasteiger charge is -2.13. The van der Waals surface area contributed by atoms with Crippen LogP contribution in [0.25, 0.3) is 6.08 Å². The second-order valence-corrected chi connectivity index (χ2v) is 10.8. The molecule has 0 aromatic heterocycles. The number of thioether (sulfide) groups is 1. The van der Waals surface area contributed by atoms with Gasteiger partial charge in [-0.2, -0.15) is 0 Å². The summed E-state index contributed by atoms with van der Waals surface area (Å²) in [5.74, 6) is -2.79. The minimum atomic E-state index is -4.19. The summed E-state index contributed by atoms with van der Waals surface area (Å²) < 4.78 is 58.6. The van der Waals surface area contributed by atoms with Gasteiger partial charge in [0, 0.05) is 24.3 Å². The Bertz CT molecular complexity index is 1560. The number of hydrogen-bond acceptors (Lipinski definition) is 7. The lowest BCUT2D eigenvalue weighted by molar-refractivity contribution is -0.122. The van der Waals surface area contributed by atoms with E-state index >= 15 is 0 Å². The van der Waals surface area contributed by atoms with Gasteiger partial charge < -0.3 is 10.1 Å². The maximum absolute atomic E-state index is 13.4. The lowest BCUT2D eigenvalue weighted by Crippen LogP contribution is -2.37. The molecule has 9 nitrogen and oxygen atoms in total. The van der Waals surface area contributed by atoms with Crippen molar-refractivity contribution in [2.45, 2.75) is 4.90 Å². The Hall–Kier alpha value is -4.23. The SMILES string of the molecule is COc1ccc(/C=C2\SC(=O)N(CCNC(=O)c3ccc(NS(=O)(=O)c4ccc(F)c(F)c4)cc3)C2=O)cc1. The number of nitrogens with one attached hydrogen (secondary N) is 2. The smallest absolute Gasteiger partial charge is 0.293 e. The van der Waals surface area contributed by atoms with Crippen LogP contribution in [-0.4, -0.2) is 50.6 Å². The molecule has 1 aliphatic rings. The van der Waals surface area contributed by atoms with Gasteiger partial charge in [-0.3, -0.25) is 24.0 Å². The van der Waals surface area contributed by atoms with Gasteiger partial charge in [-0.1, -0.05) is 12.1 Å². The highest BCUT2D eigenvalue weighted by atomic mass is 32.2. The Balaban J connectivity index is 1.31. The van der Waals surface area contributed by atoms with E-state index in [4.69, 9.17) is 4.74 Å². The van der Waals surface area contributed by atoms with Crippen LogP contribution >= 0.6 is 11.8 Å². The molecule has 1 saturated heterocycles. The van der Waals surface area contributed by atoms with Crippen molar-refractivity contribution < 1.29 is 36.3 Å². The van der Waals surface area contributed by atoms with Crippen molar-refractivity contribution in [2.75, 3.05) is 24.9 Å². The van der Waals surface area contributed by atoms with E-state index in [0.29, 0.717) is 17.9 Å². The van der Waals surface area contributed by atoms with Crippen molar-refractivity contribution in [2.24, 2.45) is 0 Å². The topological polar surface area (TPSA) is 122 Å². The lowest BCUT2D eigenvalue weighted by atomic mass is 10.2. The molecule has 0 bridgehead atoms. The van der Waals surface area contributed by atoms with Crippen LogP contribution in [0.4, 0.5) is 19.3 Å². The number of anilines is 1. The average molecular weight is 574 g/mol. The molecule has 3 aromatic carbocycles. The Morgan fingerprint density at radius 1 is 1.00 bits per heavy atom. The number of rotatable bonds is 9. The molecule has 0 radical (unpaired) electrons. The number of hydrogen-bond donors (Lipinski definition) is 2. The van der Waals surface area contributed by atoms with E-state index in [9.17, 15) is 31.6 Å². The van der Waals surface area contributed by atoms with Crippen LogP contribution in [0, 0.1) is 11.6 Å². The molecule has 3 aromatic rings. The zero-order valence-electron chi connectivity index (χ0n) is 20.3. The van der Waals surface area contributed by atoms with Crippen molar-refractivity contribution in [3.8, 4) is 5.75 Å². The molecular weight excluding hydrogens is 552 g/mol. The molecule has 0 spiro atoms. The molecule has 2 N–H and O–H groups in total. The van der Waals surface area contributed by atoms with Crippen LogP contribution in [0.2, 0.25) is 0 Å². The van der Waals surface area contributed by atoms with Gasteiger partial charge in [-0.15, -0.1) is 0 Å². The highest BCUT2D eigenvalue weighted by molar-refractivity contribution is 8.18. The minimum Gasteiger partial charge on any atom is -0.497 e. The van der Waals surface area contributed by atoms with Gasteiger partial charge in [-0.25, -0.2) is 17.2 Å². The second-order valence-electron chi connectivity index (χ2n) is 8.12. The molecule has 39 heavy (non-hydrogen) atoms. The molecular formula is C26H21F2N3O6S2. The van der Waals surface area contributed by atoms with E-state index in [1.165, 1.54) is 24.3 Å². The van der Waals surface area contributed by atoms with Crippen LogP contribution in [0.15, 0.2) is 76.5 Å². The molecule has 0 atom stereocenters. The largest absolute Gasteiger partial charge is 0.497 e. The third-order valence-corrected chi connectivity index (χ3v) is 7.80. The number of ether oxygens (including phenoxy) is 1. The van der Waals surface area contributed by atoms with Gasteiger partial charge in [0.25, 0.3) is 27.1 Å². The third-order valence-electron chi connectivity index (χ3n) is 5.51. The number of amides is 3. The Morgan fingerprint density at radius 3 is 2.33 bits per heavy atom. The molecule has 3 amide bonds. The van der Waals surface area contributed by atoms with Crippen molar-refractivity contribution in [3.63, 3.8) is 0 Å². The normalized spacial score (nSPS) is 14.5. The molecule has 13 heteroatoms. The number of carbonyl (C=O) groups excluding carboxylic acids is 3. The average Bonchev–Trinajstić information content (AvgIpc) is 3.18. The Labute approximate surface area is 226 Å². The Morgan fingerprint density at radius 2 is 1.69 bits per heavy atom. The monoisotopic (exact) mass is 573 g/mol. The summed E-state index contributed by atoms with van der Waals surface area (Å²) in [4.78, 5) is 38.3. The number of nitrogens with zero attached hydrogens (tertiary/aromatic N) is 1. The van der Waals surface area contributed by atoms with Crippen LogP contribution in [-0.2, 0) is 14.8 Å².